The van der Waals surface area contributed by atoms with Crippen molar-refractivity contribution < 1.29 is 4.79 Å². The van der Waals surface area contributed by atoms with Crippen LogP contribution in [0, 0.1) is 12.8 Å². The van der Waals surface area contributed by atoms with Gasteiger partial charge in [-0.1, -0.05) is 12.8 Å². The van der Waals surface area contributed by atoms with Crippen molar-refractivity contribution >= 4 is 11.6 Å². The second-order valence-electron chi connectivity index (χ2n) is 5.33. The summed E-state index contributed by atoms with van der Waals surface area (Å²) < 4.78 is 0. The maximum Gasteiger partial charge on any atom is 0.251 e. The molecule has 0 aromatic heterocycles. The first-order chi connectivity index (χ1) is 8.60. The predicted octanol–water partition coefficient (Wildman–Crippen LogP) is 2.96. The van der Waals surface area contributed by atoms with Crippen LogP contribution in [0.25, 0.3) is 0 Å². The minimum Gasteiger partial charge on any atom is -0.388 e. The zero-order chi connectivity index (χ0) is 13.1. The molecule has 1 fully saturated rings. The van der Waals surface area contributed by atoms with E-state index in [4.69, 9.17) is 0 Å². The van der Waals surface area contributed by atoms with Gasteiger partial charge >= 0.3 is 0 Å². The second kappa shape index (κ2) is 5.42. The fourth-order valence-electron chi connectivity index (χ4n) is 2.31. The molecular weight excluding hydrogens is 224 g/mol. The molecule has 1 aromatic carbocycles. The van der Waals surface area contributed by atoms with Gasteiger partial charge in [0.1, 0.15) is 0 Å². The van der Waals surface area contributed by atoms with Crippen molar-refractivity contribution in [3.05, 3.63) is 29.3 Å². The first-order valence-corrected chi connectivity index (χ1v) is 6.69. The van der Waals surface area contributed by atoms with Crippen molar-refractivity contribution in [2.24, 2.45) is 5.92 Å². The van der Waals surface area contributed by atoms with Gasteiger partial charge in [0.25, 0.3) is 5.91 Å². The van der Waals surface area contributed by atoms with Crippen LogP contribution >= 0.6 is 0 Å². The zero-order valence-corrected chi connectivity index (χ0v) is 11.4. The van der Waals surface area contributed by atoms with Gasteiger partial charge < -0.3 is 10.6 Å². The van der Waals surface area contributed by atoms with E-state index in [0.717, 1.165) is 29.2 Å². The van der Waals surface area contributed by atoms with E-state index in [9.17, 15) is 4.79 Å². The van der Waals surface area contributed by atoms with Crippen molar-refractivity contribution in [2.45, 2.75) is 39.2 Å². The van der Waals surface area contributed by atoms with Crippen LogP contribution in [0.4, 0.5) is 5.69 Å². The normalized spacial score (nSPS) is 16.2. The summed E-state index contributed by atoms with van der Waals surface area (Å²) in [4.78, 5) is 12.1. The molecular formula is C15H22N2O. The first-order valence-electron chi connectivity index (χ1n) is 6.69. The van der Waals surface area contributed by atoms with Gasteiger partial charge in [-0.15, -0.1) is 0 Å². The molecule has 2 rings (SSSR count). The highest BCUT2D eigenvalue weighted by Crippen LogP contribution is 2.33. The molecule has 1 saturated carbocycles. The zero-order valence-electron chi connectivity index (χ0n) is 11.4. The van der Waals surface area contributed by atoms with Gasteiger partial charge in [0.2, 0.25) is 0 Å². The fourth-order valence-corrected chi connectivity index (χ4v) is 2.31. The van der Waals surface area contributed by atoms with Gasteiger partial charge in [-0.3, -0.25) is 4.79 Å². The molecule has 1 amide bonds. The fraction of sp³-hybridized carbons (Fsp3) is 0.533. The summed E-state index contributed by atoms with van der Waals surface area (Å²) in [5.74, 6) is 0.877. The minimum atomic E-state index is 0.0360. The number of amides is 1. The number of hydrogen-bond acceptors (Lipinski definition) is 2. The van der Waals surface area contributed by atoms with Gasteiger partial charge in [0.15, 0.2) is 0 Å². The molecule has 98 valence electrons. The number of carbonyl (C=O) groups is 1. The van der Waals surface area contributed by atoms with Crippen molar-refractivity contribution in [3.63, 3.8) is 0 Å². The highest BCUT2D eigenvalue weighted by molar-refractivity contribution is 5.95. The number of carbonyl (C=O) groups excluding carboxylic acids is 1. The van der Waals surface area contributed by atoms with E-state index < -0.39 is 0 Å². The molecule has 1 aliphatic rings. The number of anilines is 1. The standard InChI is InChI=1S/C15H22N2O/c1-10-8-13(6-7-14(10)16-3)15(18)17-11(2)9-12-4-5-12/h6-8,11-12,16H,4-5,9H2,1-3H3,(H,17,18). The Balaban J connectivity index is 1.97. The molecule has 0 spiro atoms. The Morgan fingerprint density at radius 2 is 2.17 bits per heavy atom. The van der Waals surface area contributed by atoms with Crippen LogP contribution in [0.3, 0.4) is 0 Å². The van der Waals surface area contributed by atoms with E-state index in [-0.39, 0.29) is 11.9 Å². The molecule has 1 atom stereocenters. The molecule has 0 radical (unpaired) electrons. The average Bonchev–Trinajstić information content (AvgIpc) is 3.12. The first kappa shape index (κ1) is 12.9. The van der Waals surface area contributed by atoms with Crippen molar-refractivity contribution in [3.8, 4) is 0 Å². The quantitative estimate of drug-likeness (QED) is 0.838. The van der Waals surface area contributed by atoms with E-state index in [1.807, 2.05) is 32.2 Å². The summed E-state index contributed by atoms with van der Waals surface area (Å²) in [6, 6.07) is 6.04. The lowest BCUT2D eigenvalue weighted by atomic mass is 10.1. The Morgan fingerprint density at radius 1 is 1.44 bits per heavy atom. The van der Waals surface area contributed by atoms with Crippen LogP contribution in [0.15, 0.2) is 18.2 Å². The van der Waals surface area contributed by atoms with Crippen LogP contribution in [-0.2, 0) is 0 Å². The van der Waals surface area contributed by atoms with E-state index in [1.54, 1.807) is 0 Å². The summed E-state index contributed by atoms with van der Waals surface area (Å²) in [6.45, 7) is 4.10. The van der Waals surface area contributed by atoms with Crippen LogP contribution in [-0.4, -0.2) is 19.0 Å². The van der Waals surface area contributed by atoms with Gasteiger partial charge in [0, 0.05) is 24.3 Å². The summed E-state index contributed by atoms with van der Waals surface area (Å²) >= 11 is 0. The molecule has 0 bridgehead atoms. The smallest absolute Gasteiger partial charge is 0.251 e. The van der Waals surface area contributed by atoms with E-state index in [0.29, 0.717) is 0 Å². The predicted molar refractivity (Wildman–Crippen MR) is 75.0 cm³/mol. The maximum atomic E-state index is 12.1. The lowest BCUT2D eigenvalue weighted by Crippen LogP contribution is -2.32. The Labute approximate surface area is 109 Å². The molecule has 3 heteroatoms. The Bertz CT molecular complexity index is 438. The third-order valence-electron chi connectivity index (χ3n) is 3.52. The molecule has 0 aliphatic heterocycles. The monoisotopic (exact) mass is 246 g/mol. The SMILES string of the molecule is CNc1ccc(C(=O)NC(C)CC2CC2)cc1C. The Hall–Kier alpha value is -1.51. The second-order valence-corrected chi connectivity index (χ2v) is 5.33. The summed E-state index contributed by atoms with van der Waals surface area (Å²) in [7, 11) is 1.89. The summed E-state index contributed by atoms with van der Waals surface area (Å²) in [5.41, 5.74) is 2.91. The number of aryl methyl sites for hydroxylation is 1. The van der Waals surface area contributed by atoms with Crippen LogP contribution < -0.4 is 10.6 Å². The topological polar surface area (TPSA) is 41.1 Å². The van der Waals surface area contributed by atoms with Crippen LogP contribution in [0.5, 0.6) is 0 Å². The molecule has 1 aliphatic carbocycles. The van der Waals surface area contributed by atoms with Gasteiger partial charge in [0.05, 0.1) is 0 Å². The average molecular weight is 246 g/mol. The molecule has 1 unspecified atom stereocenters. The van der Waals surface area contributed by atoms with Gasteiger partial charge in [-0.05, 0) is 49.9 Å². The minimum absolute atomic E-state index is 0.0360. The summed E-state index contributed by atoms with van der Waals surface area (Å²) in [5, 5.41) is 6.18. The maximum absolute atomic E-state index is 12.1. The number of hydrogen-bond donors (Lipinski definition) is 2. The molecule has 3 nitrogen and oxygen atoms in total. The van der Waals surface area contributed by atoms with Crippen molar-refractivity contribution in [1.29, 1.82) is 0 Å². The third kappa shape index (κ3) is 3.25. The van der Waals surface area contributed by atoms with E-state index >= 15 is 0 Å². The number of benzene rings is 1. The highest BCUT2D eigenvalue weighted by atomic mass is 16.1. The lowest BCUT2D eigenvalue weighted by Gasteiger charge is -2.14. The highest BCUT2D eigenvalue weighted by Gasteiger charge is 2.24. The molecule has 2 N–H and O–H groups in total. The molecule has 0 saturated heterocycles. The van der Waals surface area contributed by atoms with Crippen LogP contribution in [0.1, 0.15) is 42.1 Å². The van der Waals surface area contributed by atoms with E-state index in [1.165, 1.54) is 12.8 Å². The van der Waals surface area contributed by atoms with Crippen molar-refractivity contribution in [2.75, 3.05) is 12.4 Å². The molecule has 1 aromatic rings. The number of nitrogens with one attached hydrogen (secondary N) is 2. The number of rotatable bonds is 5. The van der Waals surface area contributed by atoms with E-state index in [2.05, 4.69) is 17.6 Å². The molecule has 0 heterocycles. The Kier molecular flexibility index (Phi) is 3.90. The van der Waals surface area contributed by atoms with Crippen molar-refractivity contribution in [1.82, 2.24) is 5.32 Å². The van der Waals surface area contributed by atoms with Gasteiger partial charge in [-0.2, -0.15) is 0 Å². The Morgan fingerprint density at radius 3 is 2.72 bits per heavy atom. The lowest BCUT2D eigenvalue weighted by molar-refractivity contribution is 0.0937. The van der Waals surface area contributed by atoms with Crippen LogP contribution in [0.2, 0.25) is 0 Å². The van der Waals surface area contributed by atoms with Gasteiger partial charge in [-0.25, -0.2) is 0 Å². The summed E-state index contributed by atoms with van der Waals surface area (Å²) in [6.07, 6.45) is 3.77. The molecule has 18 heavy (non-hydrogen) atoms. The largest absolute Gasteiger partial charge is 0.388 e. The third-order valence-corrected chi connectivity index (χ3v) is 3.52.